The van der Waals surface area contributed by atoms with Crippen LogP contribution in [0.3, 0.4) is 0 Å². The fraction of sp³-hybridized carbons (Fsp3) is 0.222. The molecule has 0 atom stereocenters. The van der Waals surface area contributed by atoms with E-state index >= 15 is 0 Å². The van der Waals surface area contributed by atoms with E-state index in [0.29, 0.717) is 5.69 Å². The third kappa shape index (κ3) is 5.98. The zero-order chi connectivity index (χ0) is 19.0. The number of carbonyl (C=O) groups excluding carboxylic acids is 2. The maximum absolute atomic E-state index is 12.3. The second-order valence-electron chi connectivity index (χ2n) is 5.46. The summed E-state index contributed by atoms with van der Waals surface area (Å²) >= 11 is 0. The summed E-state index contributed by atoms with van der Waals surface area (Å²) in [5, 5.41) is 2.60. The third-order valence-electron chi connectivity index (χ3n) is 3.54. The number of esters is 1. The Morgan fingerprint density at radius 2 is 1.62 bits per heavy atom. The normalized spacial score (nSPS) is 11.0. The van der Waals surface area contributed by atoms with Crippen LogP contribution < -0.4 is 10.0 Å². The molecule has 0 saturated carbocycles. The van der Waals surface area contributed by atoms with Gasteiger partial charge in [-0.1, -0.05) is 30.3 Å². The lowest BCUT2D eigenvalue weighted by Gasteiger charge is -2.09. The van der Waals surface area contributed by atoms with Crippen LogP contribution in [0.2, 0.25) is 0 Å². The van der Waals surface area contributed by atoms with Crippen LogP contribution in [-0.2, 0) is 30.9 Å². The molecule has 2 aromatic rings. The zero-order valence-corrected chi connectivity index (χ0v) is 15.1. The van der Waals surface area contributed by atoms with Crippen LogP contribution in [-0.4, -0.2) is 27.4 Å². The average molecular weight is 376 g/mol. The van der Waals surface area contributed by atoms with Crippen molar-refractivity contribution in [2.45, 2.75) is 24.3 Å². The Balaban J connectivity index is 1.93. The van der Waals surface area contributed by atoms with Crippen molar-refractivity contribution in [2.75, 3.05) is 12.4 Å². The van der Waals surface area contributed by atoms with Crippen molar-refractivity contribution in [3.05, 3.63) is 60.2 Å². The summed E-state index contributed by atoms with van der Waals surface area (Å²) in [5.41, 5.74) is 1.30. The van der Waals surface area contributed by atoms with Crippen molar-refractivity contribution in [2.24, 2.45) is 0 Å². The van der Waals surface area contributed by atoms with Crippen molar-refractivity contribution in [1.82, 2.24) is 4.72 Å². The van der Waals surface area contributed by atoms with Gasteiger partial charge in [0.05, 0.1) is 18.4 Å². The molecule has 0 radical (unpaired) electrons. The van der Waals surface area contributed by atoms with Crippen molar-refractivity contribution >= 4 is 27.6 Å². The monoisotopic (exact) mass is 376 g/mol. The number of carbonyl (C=O) groups is 2. The van der Waals surface area contributed by atoms with Crippen LogP contribution in [0.4, 0.5) is 5.69 Å². The fourth-order valence-electron chi connectivity index (χ4n) is 2.12. The van der Waals surface area contributed by atoms with Crippen molar-refractivity contribution in [3.8, 4) is 0 Å². The van der Waals surface area contributed by atoms with Gasteiger partial charge < -0.3 is 10.1 Å². The molecule has 2 N–H and O–H groups in total. The van der Waals surface area contributed by atoms with Crippen LogP contribution in [0.1, 0.15) is 18.4 Å². The first-order chi connectivity index (χ1) is 12.4. The number of nitrogens with one attached hydrogen (secondary N) is 2. The number of hydrogen-bond donors (Lipinski definition) is 2. The van der Waals surface area contributed by atoms with E-state index in [1.807, 2.05) is 30.3 Å². The predicted octanol–water partition coefficient (Wildman–Crippen LogP) is 2.06. The van der Waals surface area contributed by atoms with Crippen LogP contribution in [0.25, 0.3) is 0 Å². The molecule has 7 nitrogen and oxygen atoms in total. The van der Waals surface area contributed by atoms with E-state index in [2.05, 4.69) is 14.8 Å². The number of methoxy groups -OCH3 is 1. The van der Waals surface area contributed by atoms with E-state index in [1.54, 1.807) is 0 Å². The highest BCUT2D eigenvalue weighted by molar-refractivity contribution is 7.89. The topological polar surface area (TPSA) is 102 Å². The molecule has 1 amide bonds. The molecule has 0 spiro atoms. The lowest BCUT2D eigenvalue weighted by Crippen LogP contribution is -2.23. The smallest absolute Gasteiger partial charge is 0.306 e. The molecular formula is C18H20N2O5S. The second kappa shape index (κ2) is 9.12. The summed E-state index contributed by atoms with van der Waals surface area (Å²) in [6.07, 6.45) is -0.0242. The quantitative estimate of drug-likeness (QED) is 0.687. The molecule has 0 aliphatic rings. The van der Waals surface area contributed by atoms with E-state index in [9.17, 15) is 18.0 Å². The summed E-state index contributed by atoms with van der Waals surface area (Å²) < 4.78 is 31.6. The molecule has 138 valence electrons. The second-order valence-corrected chi connectivity index (χ2v) is 7.23. The van der Waals surface area contributed by atoms with Crippen LogP contribution >= 0.6 is 0 Å². The average Bonchev–Trinajstić information content (AvgIpc) is 2.66. The number of amides is 1. The Morgan fingerprint density at radius 1 is 0.962 bits per heavy atom. The van der Waals surface area contributed by atoms with Gasteiger partial charge in [0.1, 0.15) is 0 Å². The van der Waals surface area contributed by atoms with Gasteiger partial charge in [-0.05, 0) is 29.8 Å². The third-order valence-corrected chi connectivity index (χ3v) is 4.96. The Labute approximate surface area is 152 Å². The molecule has 26 heavy (non-hydrogen) atoms. The minimum Gasteiger partial charge on any atom is -0.469 e. The molecule has 8 heteroatoms. The highest BCUT2D eigenvalue weighted by Crippen LogP contribution is 2.15. The van der Waals surface area contributed by atoms with Crippen LogP contribution in [0.15, 0.2) is 59.5 Å². The summed E-state index contributed by atoms with van der Waals surface area (Å²) in [6, 6.07) is 15.0. The Kier molecular flexibility index (Phi) is 6.88. The van der Waals surface area contributed by atoms with Crippen LogP contribution in [0, 0.1) is 0 Å². The van der Waals surface area contributed by atoms with Gasteiger partial charge in [0, 0.05) is 18.7 Å². The largest absolute Gasteiger partial charge is 0.469 e. The maximum Gasteiger partial charge on any atom is 0.306 e. The maximum atomic E-state index is 12.3. The molecule has 2 rings (SSSR count). The van der Waals surface area contributed by atoms with E-state index in [0.717, 1.165) is 5.56 Å². The van der Waals surface area contributed by atoms with Gasteiger partial charge in [-0.15, -0.1) is 0 Å². The van der Waals surface area contributed by atoms with Gasteiger partial charge >= 0.3 is 5.97 Å². The minimum atomic E-state index is -3.65. The van der Waals surface area contributed by atoms with Gasteiger partial charge in [0.2, 0.25) is 15.9 Å². The number of hydrogen-bond acceptors (Lipinski definition) is 5. The van der Waals surface area contributed by atoms with E-state index in [1.165, 1.54) is 31.4 Å². The number of benzene rings is 2. The summed E-state index contributed by atoms with van der Waals surface area (Å²) in [7, 11) is -2.40. The standard InChI is InChI=1S/C18H20N2O5S/c1-25-18(22)12-11-17(21)20-15-7-9-16(10-8-15)26(23,24)19-13-14-5-3-2-4-6-14/h2-10,19H,11-13H2,1H3,(H,20,21). The SMILES string of the molecule is COC(=O)CCC(=O)Nc1ccc(S(=O)(=O)NCc2ccccc2)cc1. The molecule has 0 aliphatic heterocycles. The molecule has 0 aliphatic carbocycles. The van der Waals surface area contributed by atoms with Gasteiger partial charge in [-0.25, -0.2) is 13.1 Å². The van der Waals surface area contributed by atoms with Gasteiger partial charge in [-0.3, -0.25) is 9.59 Å². The van der Waals surface area contributed by atoms with E-state index in [-0.39, 0.29) is 30.2 Å². The lowest BCUT2D eigenvalue weighted by atomic mass is 10.2. The molecule has 0 bridgehead atoms. The van der Waals surface area contributed by atoms with Gasteiger partial charge in [0.15, 0.2) is 0 Å². The highest BCUT2D eigenvalue weighted by Gasteiger charge is 2.14. The van der Waals surface area contributed by atoms with Crippen molar-refractivity contribution in [3.63, 3.8) is 0 Å². The number of ether oxygens (including phenoxy) is 1. The fourth-order valence-corrected chi connectivity index (χ4v) is 3.13. The zero-order valence-electron chi connectivity index (χ0n) is 14.3. The molecule has 0 saturated heterocycles. The lowest BCUT2D eigenvalue weighted by molar-refractivity contribution is -0.141. The van der Waals surface area contributed by atoms with Gasteiger partial charge in [-0.2, -0.15) is 0 Å². The van der Waals surface area contributed by atoms with E-state index < -0.39 is 16.0 Å². The summed E-state index contributed by atoms with van der Waals surface area (Å²) in [5.74, 6) is -0.820. The first-order valence-electron chi connectivity index (χ1n) is 7.91. The number of sulfonamides is 1. The summed E-state index contributed by atoms with van der Waals surface area (Å²) in [4.78, 5) is 22.8. The molecule has 0 heterocycles. The Hall–Kier alpha value is -2.71. The highest BCUT2D eigenvalue weighted by atomic mass is 32.2. The van der Waals surface area contributed by atoms with Crippen LogP contribution in [0.5, 0.6) is 0 Å². The Bertz CT molecular complexity index is 849. The predicted molar refractivity (Wildman–Crippen MR) is 96.8 cm³/mol. The van der Waals surface area contributed by atoms with E-state index in [4.69, 9.17) is 0 Å². The van der Waals surface area contributed by atoms with Gasteiger partial charge in [0.25, 0.3) is 0 Å². The molecule has 2 aromatic carbocycles. The summed E-state index contributed by atoms with van der Waals surface area (Å²) in [6.45, 7) is 0.190. The molecule has 0 aromatic heterocycles. The molecule has 0 unspecified atom stereocenters. The van der Waals surface area contributed by atoms with Crippen molar-refractivity contribution < 1.29 is 22.7 Å². The minimum absolute atomic E-state index is 0.00858. The molecular weight excluding hydrogens is 356 g/mol. The first kappa shape index (κ1) is 19.6. The number of rotatable bonds is 8. The first-order valence-corrected chi connectivity index (χ1v) is 9.39. The molecule has 0 fully saturated rings. The Morgan fingerprint density at radius 3 is 2.23 bits per heavy atom. The van der Waals surface area contributed by atoms with Crippen molar-refractivity contribution in [1.29, 1.82) is 0 Å². The number of anilines is 1.